The van der Waals surface area contributed by atoms with Crippen LogP contribution in [-0.4, -0.2) is 29.1 Å². The molecule has 8 heteroatoms. The summed E-state index contributed by atoms with van der Waals surface area (Å²) in [7, 11) is 0. The van der Waals surface area contributed by atoms with E-state index in [-0.39, 0.29) is 24.0 Å². The van der Waals surface area contributed by atoms with E-state index >= 15 is 0 Å². The molecule has 29 heavy (non-hydrogen) atoms. The van der Waals surface area contributed by atoms with Crippen molar-refractivity contribution in [2.75, 3.05) is 13.1 Å². The minimum atomic E-state index is -0.631. The number of aliphatic hydroxyl groups excluding tert-OH is 1. The SMILES string of the molecule is CCNC(=NCc1cccc(-c2ccccn2)c1)NCC(O)c1ccc(Cl)s1.I. The van der Waals surface area contributed by atoms with Crippen LogP contribution in [0.4, 0.5) is 0 Å². The Morgan fingerprint density at radius 1 is 1.17 bits per heavy atom. The fourth-order valence-corrected chi connectivity index (χ4v) is 3.72. The fourth-order valence-electron chi connectivity index (χ4n) is 2.68. The van der Waals surface area contributed by atoms with Crippen LogP contribution in [0.5, 0.6) is 0 Å². The Kier molecular flexibility index (Phi) is 9.86. The van der Waals surface area contributed by atoms with Crippen LogP contribution in [0, 0.1) is 0 Å². The third-order valence-corrected chi connectivity index (χ3v) is 5.37. The first-order valence-corrected chi connectivity index (χ1v) is 10.3. The molecule has 0 fully saturated rings. The second-order valence-electron chi connectivity index (χ2n) is 6.15. The molecule has 0 radical (unpaired) electrons. The maximum Gasteiger partial charge on any atom is 0.191 e. The molecule has 0 aliphatic rings. The molecule has 0 amide bonds. The highest BCUT2D eigenvalue weighted by Crippen LogP contribution is 2.26. The molecule has 3 aromatic rings. The van der Waals surface area contributed by atoms with Crippen LogP contribution in [0.25, 0.3) is 11.3 Å². The minimum absolute atomic E-state index is 0. The van der Waals surface area contributed by atoms with E-state index < -0.39 is 6.10 Å². The molecule has 0 saturated heterocycles. The van der Waals surface area contributed by atoms with E-state index in [4.69, 9.17) is 11.6 Å². The maximum atomic E-state index is 10.3. The number of hydrogen-bond donors (Lipinski definition) is 3. The Balaban J connectivity index is 0.00000300. The second-order valence-corrected chi connectivity index (χ2v) is 7.90. The van der Waals surface area contributed by atoms with Crippen molar-refractivity contribution in [2.45, 2.75) is 19.6 Å². The summed E-state index contributed by atoms with van der Waals surface area (Å²) in [5.41, 5.74) is 3.10. The highest BCUT2D eigenvalue weighted by molar-refractivity contribution is 14.0. The van der Waals surface area contributed by atoms with Gasteiger partial charge in [-0.05, 0) is 42.8 Å². The number of pyridine rings is 1. The second kappa shape index (κ2) is 12.1. The van der Waals surface area contributed by atoms with Crippen molar-refractivity contribution >= 4 is 52.9 Å². The van der Waals surface area contributed by atoms with Gasteiger partial charge in [-0.1, -0.05) is 35.9 Å². The highest BCUT2D eigenvalue weighted by Gasteiger charge is 2.11. The molecule has 5 nitrogen and oxygen atoms in total. The van der Waals surface area contributed by atoms with E-state index in [9.17, 15) is 5.11 Å². The van der Waals surface area contributed by atoms with Crippen molar-refractivity contribution < 1.29 is 5.11 Å². The van der Waals surface area contributed by atoms with Gasteiger partial charge in [0.2, 0.25) is 0 Å². The average Bonchev–Trinajstić information content (AvgIpc) is 3.17. The zero-order valence-corrected chi connectivity index (χ0v) is 19.9. The average molecular weight is 543 g/mol. The summed E-state index contributed by atoms with van der Waals surface area (Å²) in [5.74, 6) is 0.660. The van der Waals surface area contributed by atoms with Crippen LogP contribution in [0.2, 0.25) is 4.34 Å². The van der Waals surface area contributed by atoms with Gasteiger partial charge in [-0.3, -0.25) is 4.98 Å². The van der Waals surface area contributed by atoms with E-state index in [0.717, 1.165) is 28.2 Å². The first-order chi connectivity index (χ1) is 13.7. The van der Waals surface area contributed by atoms with Gasteiger partial charge in [0.1, 0.15) is 6.10 Å². The molecule has 2 aromatic heterocycles. The van der Waals surface area contributed by atoms with Crippen LogP contribution in [0.1, 0.15) is 23.5 Å². The highest BCUT2D eigenvalue weighted by atomic mass is 127. The molecule has 0 aliphatic carbocycles. The summed E-state index contributed by atoms with van der Waals surface area (Å²) in [4.78, 5) is 9.86. The van der Waals surface area contributed by atoms with Crippen molar-refractivity contribution in [3.05, 3.63) is 75.6 Å². The van der Waals surface area contributed by atoms with Crippen molar-refractivity contribution in [1.82, 2.24) is 15.6 Å². The van der Waals surface area contributed by atoms with Gasteiger partial charge >= 0.3 is 0 Å². The number of benzene rings is 1. The normalized spacial score (nSPS) is 12.2. The van der Waals surface area contributed by atoms with Crippen molar-refractivity contribution in [3.63, 3.8) is 0 Å². The summed E-state index contributed by atoms with van der Waals surface area (Å²) in [6.07, 6.45) is 1.16. The molecule has 1 unspecified atom stereocenters. The van der Waals surface area contributed by atoms with E-state index in [1.54, 1.807) is 12.3 Å². The Labute approximate surface area is 197 Å². The summed E-state index contributed by atoms with van der Waals surface area (Å²) >= 11 is 7.32. The van der Waals surface area contributed by atoms with Gasteiger partial charge in [-0.2, -0.15) is 0 Å². The first kappa shape index (κ1) is 23.6. The lowest BCUT2D eigenvalue weighted by atomic mass is 10.1. The standard InChI is InChI=1S/C21H23ClN4OS.HI/c1-2-23-21(26-14-18(27)19-9-10-20(22)28-19)25-13-15-6-5-7-16(12-15)17-8-3-4-11-24-17;/h3-12,18,27H,2,13-14H2,1H3,(H2,23,25,26);1H. The quantitative estimate of drug-likeness (QED) is 0.226. The van der Waals surface area contributed by atoms with E-state index in [2.05, 4.69) is 26.7 Å². The number of aromatic nitrogens is 1. The van der Waals surface area contributed by atoms with Gasteiger partial charge in [-0.25, -0.2) is 4.99 Å². The van der Waals surface area contributed by atoms with Gasteiger partial charge < -0.3 is 15.7 Å². The van der Waals surface area contributed by atoms with Crippen molar-refractivity contribution in [1.29, 1.82) is 0 Å². The lowest BCUT2D eigenvalue weighted by Crippen LogP contribution is -2.39. The molecule has 2 heterocycles. The zero-order valence-electron chi connectivity index (χ0n) is 16.0. The molecule has 3 rings (SSSR count). The fraction of sp³-hybridized carbons (Fsp3) is 0.238. The molecule has 1 atom stereocenters. The lowest BCUT2D eigenvalue weighted by Gasteiger charge is -2.14. The summed E-state index contributed by atoms with van der Waals surface area (Å²) in [6, 6.07) is 17.7. The topological polar surface area (TPSA) is 69.5 Å². The summed E-state index contributed by atoms with van der Waals surface area (Å²) in [6.45, 7) is 3.63. The molecule has 0 bridgehead atoms. The van der Waals surface area contributed by atoms with Gasteiger partial charge in [0.05, 0.1) is 16.6 Å². The Hall–Kier alpha value is -1.68. The molecule has 0 saturated carbocycles. The smallest absolute Gasteiger partial charge is 0.191 e. The number of aliphatic hydroxyl groups is 1. The molecule has 1 aromatic carbocycles. The van der Waals surface area contributed by atoms with Gasteiger partial charge in [0.25, 0.3) is 0 Å². The van der Waals surface area contributed by atoms with Crippen LogP contribution >= 0.6 is 46.9 Å². The molecular weight excluding hydrogens is 519 g/mol. The predicted octanol–water partition coefficient (Wildman–Crippen LogP) is 4.87. The molecule has 3 N–H and O–H groups in total. The zero-order chi connectivity index (χ0) is 19.8. The van der Waals surface area contributed by atoms with Crippen LogP contribution < -0.4 is 10.6 Å². The van der Waals surface area contributed by atoms with E-state index in [1.807, 2.05) is 49.4 Å². The Morgan fingerprint density at radius 2 is 2.03 bits per heavy atom. The number of aliphatic imine (C=N–C) groups is 1. The lowest BCUT2D eigenvalue weighted by molar-refractivity contribution is 0.184. The number of hydrogen-bond acceptors (Lipinski definition) is 4. The monoisotopic (exact) mass is 542 g/mol. The maximum absolute atomic E-state index is 10.3. The number of rotatable bonds is 7. The molecule has 0 spiro atoms. The minimum Gasteiger partial charge on any atom is -0.386 e. The van der Waals surface area contributed by atoms with E-state index in [1.165, 1.54) is 11.3 Å². The van der Waals surface area contributed by atoms with E-state index in [0.29, 0.717) is 23.4 Å². The van der Waals surface area contributed by atoms with Crippen LogP contribution in [0.15, 0.2) is 65.8 Å². The molecular formula is C21H24ClIN4OS. The van der Waals surface area contributed by atoms with Gasteiger partial charge in [0, 0.05) is 29.7 Å². The number of nitrogens with one attached hydrogen (secondary N) is 2. The Bertz CT molecular complexity index is 920. The van der Waals surface area contributed by atoms with Crippen LogP contribution in [-0.2, 0) is 6.54 Å². The van der Waals surface area contributed by atoms with Crippen molar-refractivity contribution in [2.24, 2.45) is 4.99 Å². The summed E-state index contributed by atoms with van der Waals surface area (Å²) < 4.78 is 0.669. The van der Waals surface area contributed by atoms with Gasteiger partial charge in [0.15, 0.2) is 5.96 Å². The van der Waals surface area contributed by atoms with Gasteiger partial charge in [-0.15, -0.1) is 35.3 Å². The Morgan fingerprint density at radius 3 is 2.72 bits per heavy atom. The molecule has 154 valence electrons. The van der Waals surface area contributed by atoms with Crippen molar-refractivity contribution in [3.8, 4) is 11.3 Å². The number of thiophene rings is 1. The largest absolute Gasteiger partial charge is 0.386 e. The number of nitrogens with zero attached hydrogens (tertiary/aromatic N) is 2. The summed E-state index contributed by atoms with van der Waals surface area (Å²) in [5, 5.41) is 16.7. The third-order valence-electron chi connectivity index (χ3n) is 4.04. The van der Waals surface area contributed by atoms with Crippen LogP contribution in [0.3, 0.4) is 0 Å². The number of guanidine groups is 1. The number of halogens is 2. The predicted molar refractivity (Wildman–Crippen MR) is 132 cm³/mol. The molecule has 0 aliphatic heterocycles. The first-order valence-electron chi connectivity index (χ1n) is 9.11. The third kappa shape index (κ3) is 7.26.